The first-order valence-corrected chi connectivity index (χ1v) is 5.48. The lowest BCUT2D eigenvalue weighted by Crippen LogP contribution is -2.47. The summed E-state index contributed by atoms with van der Waals surface area (Å²) in [6.07, 6.45) is 5.32. The standard InChI is InChI=1S/C11H21NO/c1-4-6-11(13)12-9(2)7-5-8-10(12)3/h9-10H,4-8H2,1-3H3/t9-,10-/m1/s1. The van der Waals surface area contributed by atoms with Crippen molar-refractivity contribution in [2.75, 3.05) is 0 Å². The van der Waals surface area contributed by atoms with Crippen molar-refractivity contribution in [3.8, 4) is 0 Å². The molecular weight excluding hydrogens is 162 g/mol. The number of amides is 1. The Balaban J connectivity index is 2.57. The molecular formula is C11H21NO. The molecule has 2 heteroatoms. The Kier molecular flexibility index (Phi) is 3.76. The predicted octanol–water partition coefficient (Wildman–Crippen LogP) is 2.58. The number of piperidine rings is 1. The van der Waals surface area contributed by atoms with Crippen LogP contribution in [-0.2, 0) is 4.79 Å². The van der Waals surface area contributed by atoms with Crippen molar-refractivity contribution in [1.29, 1.82) is 0 Å². The summed E-state index contributed by atoms with van der Waals surface area (Å²) in [5.41, 5.74) is 0. The summed E-state index contributed by atoms with van der Waals surface area (Å²) in [7, 11) is 0. The lowest BCUT2D eigenvalue weighted by molar-refractivity contribution is -0.137. The number of nitrogens with zero attached hydrogens (tertiary/aromatic N) is 1. The van der Waals surface area contributed by atoms with Crippen LogP contribution in [0.1, 0.15) is 52.9 Å². The molecule has 0 aliphatic carbocycles. The molecule has 1 rings (SSSR count). The van der Waals surface area contributed by atoms with Crippen LogP contribution in [0.25, 0.3) is 0 Å². The fourth-order valence-corrected chi connectivity index (χ4v) is 2.26. The van der Waals surface area contributed by atoms with Crippen LogP contribution < -0.4 is 0 Å². The van der Waals surface area contributed by atoms with E-state index in [1.165, 1.54) is 19.3 Å². The third kappa shape index (κ3) is 2.45. The van der Waals surface area contributed by atoms with Gasteiger partial charge in [-0.15, -0.1) is 0 Å². The van der Waals surface area contributed by atoms with E-state index in [1.807, 2.05) is 0 Å². The topological polar surface area (TPSA) is 20.3 Å². The normalized spacial score (nSPS) is 29.0. The van der Waals surface area contributed by atoms with E-state index in [-0.39, 0.29) is 0 Å². The summed E-state index contributed by atoms with van der Waals surface area (Å²) in [5, 5.41) is 0. The van der Waals surface area contributed by atoms with E-state index in [9.17, 15) is 4.79 Å². The van der Waals surface area contributed by atoms with E-state index in [2.05, 4.69) is 25.7 Å². The molecule has 0 aromatic carbocycles. The van der Waals surface area contributed by atoms with Gasteiger partial charge in [-0.3, -0.25) is 4.79 Å². The molecule has 1 fully saturated rings. The first kappa shape index (κ1) is 10.6. The first-order chi connectivity index (χ1) is 6.16. The zero-order chi connectivity index (χ0) is 9.84. The van der Waals surface area contributed by atoms with Crippen LogP contribution in [0.4, 0.5) is 0 Å². The van der Waals surface area contributed by atoms with E-state index < -0.39 is 0 Å². The minimum atomic E-state index is 0.349. The highest BCUT2D eigenvalue weighted by Crippen LogP contribution is 2.23. The molecule has 13 heavy (non-hydrogen) atoms. The van der Waals surface area contributed by atoms with Crippen molar-refractivity contribution in [2.45, 2.75) is 65.0 Å². The average Bonchev–Trinajstić information content (AvgIpc) is 2.04. The third-order valence-electron chi connectivity index (χ3n) is 2.95. The zero-order valence-electron chi connectivity index (χ0n) is 9.05. The number of hydrogen-bond donors (Lipinski definition) is 0. The van der Waals surface area contributed by atoms with Gasteiger partial charge in [-0.2, -0.15) is 0 Å². The Bertz CT molecular complexity index is 169. The molecule has 0 aromatic rings. The highest BCUT2D eigenvalue weighted by molar-refractivity contribution is 5.76. The van der Waals surface area contributed by atoms with Gasteiger partial charge in [0.15, 0.2) is 0 Å². The maximum atomic E-state index is 11.7. The van der Waals surface area contributed by atoms with Gasteiger partial charge in [-0.1, -0.05) is 6.92 Å². The van der Waals surface area contributed by atoms with E-state index in [0.29, 0.717) is 24.4 Å². The maximum Gasteiger partial charge on any atom is 0.223 e. The van der Waals surface area contributed by atoms with Crippen LogP contribution in [-0.4, -0.2) is 22.9 Å². The Morgan fingerprint density at radius 2 is 1.85 bits per heavy atom. The molecule has 2 atom stereocenters. The quantitative estimate of drug-likeness (QED) is 0.644. The van der Waals surface area contributed by atoms with Gasteiger partial charge in [0.25, 0.3) is 0 Å². The number of carbonyl (C=O) groups is 1. The Hall–Kier alpha value is -0.530. The third-order valence-corrected chi connectivity index (χ3v) is 2.95. The summed E-state index contributed by atoms with van der Waals surface area (Å²) < 4.78 is 0. The van der Waals surface area contributed by atoms with Crippen LogP contribution >= 0.6 is 0 Å². The van der Waals surface area contributed by atoms with E-state index in [4.69, 9.17) is 0 Å². The van der Waals surface area contributed by atoms with Crippen LogP contribution in [0.5, 0.6) is 0 Å². The predicted molar refractivity (Wildman–Crippen MR) is 54.5 cm³/mol. The van der Waals surface area contributed by atoms with Gasteiger partial charge >= 0.3 is 0 Å². The molecule has 0 saturated carbocycles. The van der Waals surface area contributed by atoms with Crippen molar-refractivity contribution in [3.05, 3.63) is 0 Å². The molecule has 0 aromatic heterocycles. The second kappa shape index (κ2) is 4.64. The van der Waals surface area contributed by atoms with Crippen molar-refractivity contribution in [3.63, 3.8) is 0 Å². The molecule has 76 valence electrons. The molecule has 0 radical (unpaired) electrons. The molecule has 1 aliphatic heterocycles. The lowest BCUT2D eigenvalue weighted by Gasteiger charge is -2.39. The van der Waals surface area contributed by atoms with Crippen molar-refractivity contribution >= 4 is 5.91 Å². The van der Waals surface area contributed by atoms with E-state index in [0.717, 1.165) is 6.42 Å². The SMILES string of the molecule is CCCC(=O)N1[C@H](C)CCC[C@H]1C. The molecule has 1 amide bonds. The van der Waals surface area contributed by atoms with Gasteiger partial charge in [0.2, 0.25) is 5.91 Å². The average molecular weight is 183 g/mol. The minimum Gasteiger partial charge on any atom is -0.337 e. The highest BCUT2D eigenvalue weighted by Gasteiger charge is 2.27. The van der Waals surface area contributed by atoms with Gasteiger partial charge in [0.05, 0.1) is 0 Å². The number of carbonyl (C=O) groups excluding carboxylic acids is 1. The minimum absolute atomic E-state index is 0.349. The van der Waals surface area contributed by atoms with Crippen molar-refractivity contribution in [2.24, 2.45) is 0 Å². The lowest BCUT2D eigenvalue weighted by atomic mass is 9.97. The fourth-order valence-electron chi connectivity index (χ4n) is 2.26. The summed E-state index contributed by atoms with van der Waals surface area (Å²) in [5.74, 6) is 0.349. The number of rotatable bonds is 2. The Labute approximate surface area is 81.3 Å². The van der Waals surface area contributed by atoms with Crippen LogP contribution in [0.3, 0.4) is 0 Å². The summed E-state index contributed by atoms with van der Waals surface area (Å²) >= 11 is 0. The molecule has 0 N–H and O–H groups in total. The summed E-state index contributed by atoms with van der Waals surface area (Å²) in [4.78, 5) is 13.8. The molecule has 1 saturated heterocycles. The molecule has 0 spiro atoms. The first-order valence-electron chi connectivity index (χ1n) is 5.48. The van der Waals surface area contributed by atoms with Crippen molar-refractivity contribution in [1.82, 2.24) is 4.90 Å². The van der Waals surface area contributed by atoms with E-state index in [1.54, 1.807) is 0 Å². The highest BCUT2D eigenvalue weighted by atomic mass is 16.2. The van der Waals surface area contributed by atoms with Gasteiger partial charge in [-0.05, 0) is 39.5 Å². The molecule has 2 nitrogen and oxygen atoms in total. The largest absolute Gasteiger partial charge is 0.337 e. The van der Waals surface area contributed by atoms with Crippen molar-refractivity contribution < 1.29 is 4.79 Å². The van der Waals surface area contributed by atoms with Gasteiger partial charge in [0.1, 0.15) is 0 Å². The monoisotopic (exact) mass is 183 g/mol. The molecule has 0 bridgehead atoms. The van der Waals surface area contributed by atoms with Crippen LogP contribution in [0.2, 0.25) is 0 Å². The number of likely N-dealkylation sites (tertiary alicyclic amines) is 1. The summed E-state index contributed by atoms with van der Waals surface area (Å²) in [6, 6.07) is 0.922. The maximum absolute atomic E-state index is 11.7. The Morgan fingerprint density at radius 1 is 1.31 bits per heavy atom. The smallest absolute Gasteiger partial charge is 0.223 e. The van der Waals surface area contributed by atoms with E-state index >= 15 is 0 Å². The fraction of sp³-hybridized carbons (Fsp3) is 0.909. The number of hydrogen-bond acceptors (Lipinski definition) is 1. The zero-order valence-corrected chi connectivity index (χ0v) is 9.05. The Morgan fingerprint density at radius 3 is 2.31 bits per heavy atom. The second-order valence-electron chi connectivity index (χ2n) is 4.18. The van der Waals surface area contributed by atoms with Gasteiger partial charge in [0, 0.05) is 18.5 Å². The molecule has 0 unspecified atom stereocenters. The van der Waals surface area contributed by atoms with Crippen LogP contribution in [0.15, 0.2) is 0 Å². The van der Waals surface area contributed by atoms with Gasteiger partial charge < -0.3 is 4.90 Å². The van der Waals surface area contributed by atoms with Gasteiger partial charge in [-0.25, -0.2) is 0 Å². The molecule has 1 heterocycles. The summed E-state index contributed by atoms with van der Waals surface area (Å²) in [6.45, 7) is 6.41. The van der Waals surface area contributed by atoms with Crippen LogP contribution in [0, 0.1) is 0 Å². The molecule has 1 aliphatic rings. The second-order valence-corrected chi connectivity index (χ2v) is 4.18.